The lowest BCUT2D eigenvalue weighted by molar-refractivity contribution is -0.146. The molecule has 2 amide bonds. The molecule has 1 aliphatic heterocycles. The molecule has 0 bridgehead atoms. The van der Waals surface area contributed by atoms with Crippen LogP contribution in [0.3, 0.4) is 0 Å². The average molecular weight is 456 g/mol. The van der Waals surface area contributed by atoms with E-state index in [1.165, 1.54) is 29.3 Å². The van der Waals surface area contributed by atoms with Gasteiger partial charge >= 0.3 is 0 Å². The molecule has 6 nitrogen and oxygen atoms in total. The predicted molar refractivity (Wildman–Crippen MR) is 119 cm³/mol. The normalized spacial score (nSPS) is 18.1. The first kappa shape index (κ1) is 23.0. The van der Waals surface area contributed by atoms with Crippen LogP contribution in [0.15, 0.2) is 53.6 Å². The van der Waals surface area contributed by atoms with Crippen molar-refractivity contribution in [3.63, 3.8) is 0 Å². The van der Waals surface area contributed by atoms with Crippen LogP contribution in [0.5, 0.6) is 0 Å². The number of carbonyl (C=O) groups is 2. The Morgan fingerprint density at radius 1 is 1.06 bits per heavy atom. The van der Waals surface area contributed by atoms with E-state index in [1.54, 1.807) is 36.3 Å². The summed E-state index contributed by atoms with van der Waals surface area (Å²) in [6, 6.07) is 11.4. The third kappa shape index (κ3) is 5.27. The minimum atomic E-state index is -0.443. The highest BCUT2D eigenvalue weighted by Gasteiger charge is 2.36. The Labute approximate surface area is 191 Å². The summed E-state index contributed by atoms with van der Waals surface area (Å²) in [5.41, 5.74) is 2.08. The van der Waals surface area contributed by atoms with Crippen molar-refractivity contribution in [3.8, 4) is 0 Å². The number of rotatable bonds is 8. The fraction of sp³-hybridized carbons (Fsp3) is 0.400. The Kier molecular flexibility index (Phi) is 7.13. The highest BCUT2D eigenvalue weighted by Crippen LogP contribution is 2.33. The van der Waals surface area contributed by atoms with Crippen molar-refractivity contribution in [2.24, 2.45) is 11.0 Å². The van der Waals surface area contributed by atoms with Gasteiger partial charge in [0, 0.05) is 26.0 Å². The maximum absolute atomic E-state index is 13.5. The Hall–Kier alpha value is -3.13. The Balaban J connectivity index is 1.59. The summed E-state index contributed by atoms with van der Waals surface area (Å²) in [5, 5.41) is 5.93. The largest absolute Gasteiger partial charge is 0.383 e. The van der Waals surface area contributed by atoms with Gasteiger partial charge in [-0.3, -0.25) is 9.59 Å². The van der Waals surface area contributed by atoms with E-state index in [2.05, 4.69) is 5.10 Å². The third-order valence-corrected chi connectivity index (χ3v) is 6.26. The molecular formula is C25H27F2N3O3. The van der Waals surface area contributed by atoms with Gasteiger partial charge in [-0.1, -0.05) is 30.7 Å². The van der Waals surface area contributed by atoms with Crippen LogP contribution < -0.4 is 0 Å². The van der Waals surface area contributed by atoms with E-state index < -0.39 is 6.04 Å². The number of amides is 2. The molecule has 8 heteroatoms. The number of carbonyl (C=O) groups excluding carboxylic acids is 2. The quantitative estimate of drug-likeness (QED) is 0.606. The van der Waals surface area contributed by atoms with Crippen LogP contribution in [0, 0.1) is 17.6 Å². The van der Waals surface area contributed by atoms with Crippen LogP contribution in [0.25, 0.3) is 0 Å². The molecule has 0 saturated heterocycles. The number of methoxy groups -OCH3 is 1. The van der Waals surface area contributed by atoms with Crippen molar-refractivity contribution in [1.82, 2.24) is 9.91 Å². The second kappa shape index (κ2) is 10.2. The molecular weight excluding hydrogens is 428 g/mol. The molecule has 4 rings (SSSR count). The number of ether oxygens (including phenoxy) is 1. The number of hydrogen-bond acceptors (Lipinski definition) is 4. The van der Waals surface area contributed by atoms with Crippen LogP contribution in [-0.4, -0.2) is 54.2 Å². The molecule has 0 spiro atoms. The second-order valence-electron chi connectivity index (χ2n) is 8.44. The predicted octanol–water partition coefficient (Wildman–Crippen LogP) is 3.92. The van der Waals surface area contributed by atoms with Gasteiger partial charge in [0.15, 0.2) is 0 Å². The molecule has 2 aliphatic rings. The zero-order valence-electron chi connectivity index (χ0n) is 18.5. The maximum Gasteiger partial charge on any atom is 0.262 e. The van der Waals surface area contributed by atoms with Gasteiger partial charge in [0.2, 0.25) is 5.91 Å². The summed E-state index contributed by atoms with van der Waals surface area (Å²) >= 11 is 0. The van der Waals surface area contributed by atoms with Gasteiger partial charge < -0.3 is 9.64 Å². The lowest BCUT2D eigenvalue weighted by atomic mass is 9.84. The number of hydrogen-bond donors (Lipinski definition) is 0. The minimum absolute atomic E-state index is 0.0353. The zero-order valence-corrected chi connectivity index (χ0v) is 18.5. The first-order chi connectivity index (χ1) is 16.0. The molecule has 0 unspecified atom stereocenters. The van der Waals surface area contributed by atoms with Gasteiger partial charge in [-0.2, -0.15) is 5.10 Å². The summed E-state index contributed by atoms with van der Waals surface area (Å²) in [6.07, 6.45) is 3.10. The molecule has 0 radical (unpaired) electrons. The first-order valence-electron chi connectivity index (χ1n) is 11.1. The number of halogens is 2. The van der Waals surface area contributed by atoms with Crippen LogP contribution >= 0.6 is 0 Å². The second-order valence-corrected chi connectivity index (χ2v) is 8.44. The van der Waals surface area contributed by atoms with Crippen molar-refractivity contribution in [3.05, 3.63) is 71.3 Å². The van der Waals surface area contributed by atoms with Gasteiger partial charge in [0.05, 0.1) is 18.4 Å². The van der Waals surface area contributed by atoms with Crippen LogP contribution in [-0.2, 0) is 14.3 Å². The molecule has 2 aromatic carbocycles. The molecule has 1 fully saturated rings. The zero-order chi connectivity index (χ0) is 23.4. The molecule has 1 aliphatic carbocycles. The number of hydrazone groups is 1. The summed E-state index contributed by atoms with van der Waals surface area (Å²) in [5.74, 6) is -1.13. The maximum atomic E-state index is 13.5. The van der Waals surface area contributed by atoms with Gasteiger partial charge in [0.1, 0.15) is 18.2 Å². The van der Waals surface area contributed by atoms with Crippen molar-refractivity contribution < 1.29 is 23.1 Å². The smallest absolute Gasteiger partial charge is 0.262 e. The summed E-state index contributed by atoms with van der Waals surface area (Å²) in [6.45, 7) is 0.537. The van der Waals surface area contributed by atoms with Crippen LogP contribution in [0.4, 0.5) is 8.78 Å². The topological polar surface area (TPSA) is 62.2 Å². The van der Waals surface area contributed by atoms with E-state index >= 15 is 0 Å². The van der Waals surface area contributed by atoms with E-state index in [0.717, 1.165) is 24.8 Å². The molecule has 0 aromatic heterocycles. The highest BCUT2D eigenvalue weighted by atomic mass is 19.1. The van der Waals surface area contributed by atoms with Gasteiger partial charge in [0.25, 0.3) is 5.91 Å². The molecule has 0 N–H and O–H groups in total. The van der Waals surface area contributed by atoms with Gasteiger partial charge in [-0.15, -0.1) is 0 Å². The lowest BCUT2D eigenvalue weighted by Gasteiger charge is -2.32. The van der Waals surface area contributed by atoms with Crippen molar-refractivity contribution in [2.45, 2.75) is 31.7 Å². The minimum Gasteiger partial charge on any atom is -0.383 e. The lowest BCUT2D eigenvalue weighted by Crippen LogP contribution is -2.46. The SMILES string of the molecule is COCCN(CC(=O)N1N=C(c2ccc(F)cc2)C[C@H]1c1ccc(F)cc1)C(=O)C1CCC1. The number of benzene rings is 2. The summed E-state index contributed by atoms with van der Waals surface area (Å²) < 4.78 is 32.0. The fourth-order valence-electron chi connectivity index (χ4n) is 4.12. The van der Waals surface area contributed by atoms with E-state index in [4.69, 9.17) is 4.74 Å². The highest BCUT2D eigenvalue weighted by molar-refractivity contribution is 6.03. The Bertz CT molecular complexity index is 1020. The van der Waals surface area contributed by atoms with Crippen molar-refractivity contribution in [1.29, 1.82) is 0 Å². The molecule has 2 aromatic rings. The summed E-state index contributed by atoms with van der Waals surface area (Å²) in [4.78, 5) is 27.8. The molecule has 1 atom stereocenters. The molecule has 1 heterocycles. The van der Waals surface area contributed by atoms with E-state index in [-0.39, 0.29) is 35.9 Å². The standard InChI is InChI=1S/C25H27F2N3O3/c1-33-14-13-29(25(32)19-3-2-4-19)16-24(31)30-23(18-7-11-21(27)12-8-18)15-22(28-30)17-5-9-20(26)10-6-17/h5-12,19,23H,2-4,13-16H2,1H3/t23-/m0/s1. The molecule has 1 saturated carbocycles. The van der Waals surface area contributed by atoms with E-state index in [9.17, 15) is 18.4 Å². The monoisotopic (exact) mass is 455 g/mol. The van der Waals surface area contributed by atoms with Crippen molar-refractivity contribution in [2.75, 3.05) is 26.8 Å². The molecule has 33 heavy (non-hydrogen) atoms. The van der Waals surface area contributed by atoms with E-state index in [1.807, 2.05) is 0 Å². The summed E-state index contributed by atoms with van der Waals surface area (Å²) in [7, 11) is 1.55. The fourth-order valence-corrected chi connectivity index (χ4v) is 4.12. The number of nitrogens with zero attached hydrogens (tertiary/aromatic N) is 3. The van der Waals surface area contributed by atoms with Crippen LogP contribution in [0.2, 0.25) is 0 Å². The Morgan fingerprint density at radius 3 is 2.27 bits per heavy atom. The van der Waals surface area contributed by atoms with Crippen molar-refractivity contribution >= 4 is 17.5 Å². The van der Waals surface area contributed by atoms with Gasteiger partial charge in [-0.05, 0) is 48.2 Å². The van der Waals surface area contributed by atoms with Gasteiger partial charge in [-0.25, -0.2) is 13.8 Å². The first-order valence-corrected chi connectivity index (χ1v) is 11.1. The van der Waals surface area contributed by atoms with E-state index in [0.29, 0.717) is 30.8 Å². The Morgan fingerprint density at radius 2 is 1.70 bits per heavy atom. The average Bonchev–Trinajstić information content (AvgIpc) is 3.22. The van der Waals surface area contributed by atoms with Crippen LogP contribution in [0.1, 0.15) is 42.9 Å². The molecule has 174 valence electrons. The third-order valence-electron chi connectivity index (χ3n) is 6.26.